The number of nitrogens with two attached hydrogens (primary N) is 1. The second-order valence-electron chi connectivity index (χ2n) is 5.53. The van der Waals surface area contributed by atoms with Gasteiger partial charge in [-0.3, -0.25) is 4.79 Å². The molecule has 3 rings (SSSR count). The zero-order chi connectivity index (χ0) is 15.5. The number of pyridine rings is 1. The summed E-state index contributed by atoms with van der Waals surface area (Å²) in [6, 6.07) is 3.55. The fraction of sp³-hybridized carbons (Fsp3) is 0.375. The van der Waals surface area contributed by atoms with E-state index in [0.717, 1.165) is 43.0 Å². The number of allylic oxidation sites excluding steroid dienone is 1. The molecule has 1 aromatic rings. The summed E-state index contributed by atoms with van der Waals surface area (Å²) in [5, 5.41) is 6.35. The van der Waals surface area contributed by atoms with Crippen LogP contribution in [0.2, 0.25) is 0 Å². The largest absolute Gasteiger partial charge is 0.353 e. The maximum Gasteiger partial charge on any atom is 0.259 e. The van der Waals surface area contributed by atoms with E-state index >= 15 is 0 Å². The highest BCUT2D eigenvalue weighted by Crippen LogP contribution is 2.27. The molecule has 0 bridgehead atoms. The third-order valence-corrected chi connectivity index (χ3v) is 3.98. The van der Waals surface area contributed by atoms with Gasteiger partial charge in [0.05, 0.1) is 11.3 Å². The van der Waals surface area contributed by atoms with Crippen LogP contribution in [-0.2, 0) is 0 Å². The predicted octanol–water partition coefficient (Wildman–Crippen LogP) is 1.41. The summed E-state index contributed by atoms with van der Waals surface area (Å²) < 4.78 is 0. The number of carbonyl (C=O) groups excluding carboxylic acids is 1. The van der Waals surface area contributed by atoms with E-state index in [-0.39, 0.29) is 5.91 Å². The summed E-state index contributed by atoms with van der Waals surface area (Å²) in [5.41, 5.74) is 8.04. The molecule has 1 aromatic heterocycles. The highest BCUT2D eigenvalue weighted by molar-refractivity contribution is 6.01. The van der Waals surface area contributed by atoms with Crippen molar-refractivity contribution in [1.29, 1.82) is 0 Å². The average Bonchev–Trinajstić information content (AvgIpc) is 2.68. The molecule has 2 aliphatic rings. The molecule has 2 aliphatic heterocycles. The molecule has 0 saturated heterocycles. The van der Waals surface area contributed by atoms with Gasteiger partial charge in [-0.05, 0) is 44.0 Å². The molecule has 3 heterocycles. The zero-order valence-corrected chi connectivity index (χ0v) is 12.7. The van der Waals surface area contributed by atoms with Gasteiger partial charge in [0.15, 0.2) is 0 Å². The minimum Gasteiger partial charge on any atom is -0.353 e. The van der Waals surface area contributed by atoms with Crippen molar-refractivity contribution in [3.05, 3.63) is 47.1 Å². The highest BCUT2D eigenvalue weighted by Gasteiger charge is 2.27. The fourth-order valence-corrected chi connectivity index (χ4v) is 2.72. The molecule has 0 atom stereocenters. The molecule has 0 aliphatic carbocycles. The van der Waals surface area contributed by atoms with Crippen molar-refractivity contribution in [2.45, 2.75) is 19.8 Å². The van der Waals surface area contributed by atoms with Crippen LogP contribution >= 0.6 is 0 Å². The number of nitrogens with zero attached hydrogens (tertiary/aromatic N) is 2. The summed E-state index contributed by atoms with van der Waals surface area (Å²) in [4.78, 5) is 18.9. The van der Waals surface area contributed by atoms with E-state index in [1.807, 2.05) is 6.92 Å². The number of rotatable bonds is 4. The van der Waals surface area contributed by atoms with Gasteiger partial charge >= 0.3 is 0 Å². The Hall–Kier alpha value is -2.34. The average molecular weight is 299 g/mol. The maximum atomic E-state index is 12.4. The minimum atomic E-state index is -0.128. The SMILES string of the molecule is CC1=CCN(CCCCN)C2=C1NC(=O)c1cccnc1N2. The Kier molecular flexibility index (Phi) is 4.11. The van der Waals surface area contributed by atoms with Gasteiger partial charge in [-0.1, -0.05) is 6.08 Å². The molecule has 0 radical (unpaired) electrons. The molecule has 6 nitrogen and oxygen atoms in total. The molecule has 1 amide bonds. The maximum absolute atomic E-state index is 12.4. The van der Waals surface area contributed by atoms with Crippen LogP contribution in [0, 0.1) is 0 Å². The summed E-state index contributed by atoms with van der Waals surface area (Å²) in [7, 11) is 0. The first-order chi connectivity index (χ1) is 10.7. The Morgan fingerprint density at radius 2 is 2.23 bits per heavy atom. The van der Waals surface area contributed by atoms with Gasteiger partial charge in [-0.15, -0.1) is 0 Å². The molecule has 22 heavy (non-hydrogen) atoms. The van der Waals surface area contributed by atoms with Crippen molar-refractivity contribution in [2.75, 3.05) is 25.0 Å². The normalized spacial score (nSPS) is 17.1. The van der Waals surface area contributed by atoms with Crippen molar-refractivity contribution >= 4 is 11.7 Å². The smallest absolute Gasteiger partial charge is 0.259 e. The minimum absolute atomic E-state index is 0.128. The first-order valence-corrected chi connectivity index (χ1v) is 7.60. The first kappa shape index (κ1) is 14.6. The van der Waals surface area contributed by atoms with E-state index in [9.17, 15) is 4.79 Å². The number of fused-ring (bicyclic) bond motifs is 1. The third-order valence-electron chi connectivity index (χ3n) is 3.98. The van der Waals surface area contributed by atoms with Crippen LogP contribution in [0.5, 0.6) is 0 Å². The van der Waals surface area contributed by atoms with E-state index in [1.165, 1.54) is 0 Å². The Morgan fingerprint density at radius 3 is 3.05 bits per heavy atom. The van der Waals surface area contributed by atoms with Crippen LogP contribution in [0.4, 0.5) is 5.82 Å². The lowest BCUT2D eigenvalue weighted by molar-refractivity contribution is 0.0966. The van der Waals surface area contributed by atoms with Crippen LogP contribution in [0.1, 0.15) is 30.1 Å². The van der Waals surface area contributed by atoms with Gasteiger partial charge in [0.2, 0.25) is 0 Å². The van der Waals surface area contributed by atoms with E-state index < -0.39 is 0 Å². The lowest BCUT2D eigenvalue weighted by atomic mass is 10.1. The fourth-order valence-electron chi connectivity index (χ4n) is 2.72. The van der Waals surface area contributed by atoms with E-state index in [0.29, 0.717) is 17.9 Å². The molecule has 116 valence electrons. The zero-order valence-electron chi connectivity index (χ0n) is 12.7. The van der Waals surface area contributed by atoms with Crippen molar-refractivity contribution in [3.63, 3.8) is 0 Å². The Morgan fingerprint density at radius 1 is 1.36 bits per heavy atom. The number of amides is 1. The Bertz CT molecular complexity index is 650. The number of aromatic nitrogens is 1. The second kappa shape index (κ2) is 6.19. The highest BCUT2D eigenvalue weighted by atomic mass is 16.1. The third kappa shape index (κ3) is 2.69. The molecular formula is C16H21N5O. The summed E-state index contributed by atoms with van der Waals surface area (Å²) in [6.07, 6.45) is 5.83. The number of hydrogen-bond acceptors (Lipinski definition) is 5. The van der Waals surface area contributed by atoms with Gasteiger partial charge in [-0.2, -0.15) is 0 Å². The summed E-state index contributed by atoms with van der Waals surface area (Å²) in [5.74, 6) is 1.39. The van der Waals surface area contributed by atoms with Gasteiger partial charge < -0.3 is 21.3 Å². The predicted molar refractivity (Wildman–Crippen MR) is 86.0 cm³/mol. The molecule has 0 saturated carbocycles. The van der Waals surface area contributed by atoms with Gasteiger partial charge in [0.1, 0.15) is 11.6 Å². The van der Waals surface area contributed by atoms with Crippen LogP contribution in [0.25, 0.3) is 0 Å². The van der Waals surface area contributed by atoms with Crippen LogP contribution < -0.4 is 16.4 Å². The molecule has 0 fully saturated rings. The van der Waals surface area contributed by atoms with Gasteiger partial charge in [0, 0.05) is 19.3 Å². The molecule has 0 aromatic carbocycles. The van der Waals surface area contributed by atoms with Gasteiger partial charge in [-0.25, -0.2) is 4.98 Å². The van der Waals surface area contributed by atoms with Crippen molar-refractivity contribution in [1.82, 2.24) is 15.2 Å². The Balaban J connectivity index is 1.93. The topological polar surface area (TPSA) is 83.3 Å². The molecule has 6 heteroatoms. The number of hydrogen-bond donors (Lipinski definition) is 3. The van der Waals surface area contributed by atoms with Crippen LogP contribution in [0.3, 0.4) is 0 Å². The number of carbonyl (C=O) groups is 1. The standard InChI is InChI=1S/C16H21N5O/c1-11-6-10-21(9-3-2-7-17)15-13(11)19-16(22)12-5-4-8-18-14(12)20-15/h4-6,8H,2-3,7,9-10,17H2,1H3,(H,18,20)(H,19,22). The second-order valence-corrected chi connectivity index (χ2v) is 5.53. The number of unbranched alkanes of at least 4 members (excludes halogenated alkanes) is 1. The summed E-state index contributed by atoms with van der Waals surface area (Å²) in [6.45, 7) is 4.42. The van der Waals surface area contributed by atoms with Crippen molar-refractivity contribution in [3.8, 4) is 0 Å². The molecule has 0 spiro atoms. The lowest BCUT2D eigenvalue weighted by Gasteiger charge is -2.32. The monoisotopic (exact) mass is 299 g/mol. The van der Waals surface area contributed by atoms with Crippen molar-refractivity contribution < 1.29 is 4.79 Å². The Labute approximate surface area is 130 Å². The number of anilines is 1. The van der Waals surface area contributed by atoms with Crippen LogP contribution in [-0.4, -0.2) is 35.4 Å². The van der Waals surface area contributed by atoms with Crippen LogP contribution in [0.15, 0.2) is 41.5 Å². The van der Waals surface area contributed by atoms with Gasteiger partial charge in [0.25, 0.3) is 5.91 Å². The van der Waals surface area contributed by atoms with Crippen molar-refractivity contribution in [2.24, 2.45) is 5.73 Å². The molecular weight excluding hydrogens is 278 g/mol. The molecule has 0 unspecified atom stereocenters. The van der Waals surface area contributed by atoms with E-state index in [4.69, 9.17) is 5.73 Å². The van der Waals surface area contributed by atoms with E-state index in [1.54, 1.807) is 18.3 Å². The first-order valence-electron chi connectivity index (χ1n) is 7.60. The van der Waals surface area contributed by atoms with E-state index in [2.05, 4.69) is 26.6 Å². The number of nitrogens with one attached hydrogen (secondary N) is 2. The summed E-state index contributed by atoms with van der Waals surface area (Å²) >= 11 is 0. The lowest BCUT2D eigenvalue weighted by Crippen LogP contribution is -2.36. The molecule has 4 N–H and O–H groups in total. The quantitative estimate of drug-likeness (QED) is 0.732.